The molecule has 1 aliphatic heterocycles. The van der Waals surface area contributed by atoms with Crippen LogP contribution < -0.4 is 27.7 Å². The zero-order chi connectivity index (χ0) is 30.8. The van der Waals surface area contributed by atoms with Crippen LogP contribution in [0.15, 0.2) is 70.5 Å². The number of amides is 1. The van der Waals surface area contributed by atoms with Crippen LogP contribution in [0.2, 0.25) is 0 Å². The predicted molar refractivity (Wildman–Crippen MR) is 168 cm³/mol. The van der Waals surface area contributed by atoms with Crippen molar-refractivity contribution in [3.05, 3.63) is 98.7 Å². The Labute approximate surface area is 249 Å². The molecule has 3 aromatic heterocycles. The number of anilines is 1. The van der Waals surface area contributed by atoms with E-state index in [2.05, 4.69) is 33.7 Å². The Kier molecular flexibility index (Phi) is 8.31. The Bertz CT molecular complexity index is 1760. The molecule has 12 heteroatoms. The number of piperidine rings is 1. The average molecular weight is 584 g/mol. The second kappa shape index (κ2) is 12.1. The molecule has 0 atom stereocenters. The Morgan fingerprint density at radius 1 is 1.09 bits per heavy atom. The van der Waals surface area contributed by atoms with E-state index < -0.39 is 17.2 Å². The highest BCUT2D eigenvalue weighted by molar-refractivity contribution is 6.04. The van der Waals surface area contributed by atoms with Crippen molar-refractivity contribution in [1.82, 2.24) is 23.7 Å². The number of benzene rings is 1. The van der Waals surface area contributed by atoms with Gasteiger partial charge in [0.2, 0.25) is 0 Å². The van der Waals surface area contributed by atoms with Crippen molar-refractivity contribution in [1.29, 1.82) is 5.41 Å². The lowest BCUT2D eigenvalue weighted by Crippen LogP contribution is -2.43. The van der Waals surface area contributed by atoms with Crippen LogP contribution in [0.1, 0.15) is 60.4 Å². The van der Waals surface area contributed by atoms with Crippen LogP contribution in [0.3, 0.4) is 0 Å². The quantitative estimate of drug-likeness (QED) is 0.184. The summed E-state index contributed by atoms with van der Waals surface area (Å²) in [7, 11) is 3.94. The van der Waals surface area contributed by atoms with E-state index in [1.807, 2.05) is 23.9 Å². The summed E-state index contributed by atoms with van der Waals surface area (Å²) in [5.41, 5.74) is 11.5. The van der Waals surface area contributed by atoms with Gasteiger partial charge in [0.25, 0.3) is 11.5 Å². The topological polar surface area (TPSA) is 156 Å². The normalized spacial score (nSPS) is 14.2. The van der Waals surface area contributed by atoms with Gasteiger partial charge in [0, 0.05) is 48.3 Å². The van der Waals surface area contributed by atoms with Crippen molar-refractivity contribution in [2.45, 2.75) is 38.6 Å². The third-order valence-corrected chi connectivity index (χ3v) is 7.89. The summed E-state index contributed by atoms with van der Waals surface area (Å²) in [6, 6.07) is 13.8. The molecule has 5 rings (SSSR count). The van der Waals surface area contributed by atoms with Crippen LogP contribution in [0, 0.1) is 5.41 Å². The summed E-state index contributed by atoms with van der Waals surface area (Å²) in [5.74, 6) is -0.226. The number of aromatic nitrogens is 4. The standard InChI is InChI=1S/C31H37N9O3/c1-19(2)38-18-24(30(42)39(31(38)43)26-7-5-6-14-35-26)29(41)36-22-10-8-20(9-11-22)23-17-25(21-12-15-37(4)16-13-21)40(34-3)27(23)28(32)33/h5-11,14,17-19,21,34H,12-13,15-16H2,1-4H3,(H3,32,33)(H,36,41). The highest BCUT2D eigenvalue weighted by Gasteiger charge is 2.26. The fourth-order valence-electron chi connectivity index (χ4n) is 5.58. The largest absolute Gasteiger partial charge is 0.382 e. The molecule has 0 bridgehead atoms. The van der Waals surface area contributed by atoms with Crippen LogP contribution in [0.25, 0.3) is 16.9 Å². The highest BCUT2D eigenvalue weighted by Crippen LogP contribution is 2.35. The number of rotatable bonds is 8. The van der Waals surface area contributed by atoms with Crippen molar-refractivity contribution < 1.29 is 4.79 Å². The molecule has 1 aromatic carbocycles. The van der Waals surface area contributed by atoms with Gasteiger partial charge in [-0.2, -0.15) is 0 Å². The number of amidine groups is 1. The molecule has 0 spiro atoms. The van der Waals surface area contributed by atoms with Crippen LogP contribution in [0.5, 0.6) is 0 Å². The third kappa shape index (κ3) is 5.73. The Balaban J connectivity index is 1.47. The molecule has 0 radical (unpaired) electrons. The lowest BCUT2D eigenvalue weighted by molar-refractivity contribution is 0.102. The zero-order valence-electron chi connectivity index (χ0n) is 24.8. The fraction of sp³-hybridized carbons (Fsp3) is 0.323. The summed E-state index contributed by atoms with van der Waals surface area (Å²) in [5, 5.41) is 11.1. The first-order chi connectivity index (χ1) is 20.6. The molecule has 1 saturated heterocycles. The summed E-state index contributed by atoms with van der Waals surface area (Å²) < 4.78 is 4.15. The molecule has 4 aromatic rings. The lowest BCUT2D eigenvalue weighted by atomic mass is 9.93. The Hall–Kier alpha value is -4.97. The van der Waals surface area contributed by atoms with Gasteiger partial charge in [0.1, 0.15) is 22.9 Å². The van der Waals surface area contributed by atoms with Crippen LogP contribution in [0.4, 0.5) is 5.69 Å². The molecule has 0 saturated carbocycles. The van der Waals surface area contributed by atoms with Crippen molar-refractivity contribution in [3.63, 3.8) is 0 Å². The summed E-state index contributed by atoms with van der Waals surface area (Å²) in [6.07, 6.45) is 4.79. The van der Waals surface area contributed by atoms with Gasteiger partial charge in [-0.3, -0.25) is 24.2 Å². The van der Waals surface area contributed by atoms with Gasteiger partial charge in [0.15, 0.2) is 0 Å². The number of nitrogen functional groups attached to an aromatic ring is 1. The first-order valence-corrected chi connectivity index (χ1v) is 14.3. The molecule has 0 unspecified atom stereocenters. The van der Waals surface area contributed by atoms with Gasteiger partial charge in [-0.15, -0.1) is 0 Å². The molecule has 0 aliphatic carbocycles. The summed E-state index contributed by atoms with van der Waals surface area (Å²) in [6.45, 7) is 5.59. The maximum absolute atomic E-state index is 13.4. The van der Waals surface area contributed by atoms with E-state index in [9.17, 15) is 14.4 Å². The zero-order valence-corrected chi connectivity index (χ0v) is 24.8. The SMILES string of the molecule is CNn1c(C2CCN(C)CC2)cc(-c2ccc(NC(=O)c3cn(C(C)C)c(=O)n(-c4ccccn4)c3=O)cc2)c1C(=N)N. The number of nitrogens with two attached hydrogens (primary N) is 1. The minimum atomic E-state index is -0.754. The van der Waals surface area contributed by atoms with Crippen LogP contribution in [-0.4, -0.2) is 62.6 Å². The highest BCUT2D eigenvalue weighted by atomic mass is 16.2. The Morgan fingerprint density at radius 3 is 2.37 bits per heavy atom. The molecule has 1 aliphatic rings. The first kappa shape index (κ1) is 29.5. The maximum atomic E-state index is 13.4. The second-order valence-corrected chi connectivity index (χ2v) is 11.1. The van der Waals surface area contributed by atoms with Crippen LogP contribution >= 0.6 is 0 Å². The van der Waals surface area contributed by atoms with Gasteiger partial charge in [-0.25, -0.2) is 14.3 Å². The van der Waals surface area contributed by atoms with E-state index >= 15 is 0 Å². The molecule has 1 amide bonds. The molecule has 224 valence electrons. The van der Waals surface area contributed by atoms with Crippen molar-refractivity contribution in [3.8, 4) is 16.9 Å². The van der Waals surface area contributed by atoms with E-state index in [4.69, 9.17) is 11.1 Å². The van der Waals surface area contributed by atoms with Gasteiger partial charge in [-0.1, -0.05) is 18.2 Å². The number of nitrogens with one attached hydrogen (secondary N) is 3. The minimum Gasteiger partial charge on any atom is -0.382 e. The molecule has 5 N–H and O–H groups in total. The number of hydrogen-bond donors (Lipinski definition) is 4. The number of nitrogens with zero attached hydrogens (tertiary/aromatic N) is 5. The van der Waals surface area contributed by atoms with Crippen molar-refractivity contribution >= 4 is 17.4 Å². The van der Waals surface area contributed by atoms with Gasteiger partial charge < -0.3 is 21.4 Å². The average Bonchev–Trinajstić information content (AvgIpc) is 3.38. The van der Waals surface area contributed by atoms with Gasteiger partial charge >= 0.3 is 5.69 Å². The van der Waals surface area contributed by atoms with Gasteiger partial charge in [-0.05, 0) is 82.7 Å². The monoisotopic (exact) mass is 583 g/mol. The molecular formula is C31H37N9O3. The second-order valence-electron chi connectivity index (χ2n) is 11.1. The van der Waals surface area contributed by atoms with Crippen molar-refractivity contribution in [2.24, 2.45) is 5.73 Å². The first-order valence-electron chi connectivity index (χ1n) is 14.3. The number of carbonyl (C=O) groups is 1. The van der Waals surface area contributed by atoms with E-state index in [0.717, 1.165) is 47.3 Å². The van der Waals surface area contributed by atoms with E-state index in [-0.39, 0.29) is 23.3 Å². The minimum absolute atomic E-state index is 0.0506. The summed E-state index contributed by atoms with van der Waals surface area (Å²) >= 11 is 0. The number of likely N-dealkylation sites (tertiary alicyclic amines) is 1. The van der Waals surface area contributed by atoms with E-state index in [1.54, 1.807) is 44.2 Å². The number of hydrogen-bond acceptors (Lipinski definition) is 7. The van der Waals surface area contributed by atoms with Gasteiger partial charge in [0.05, 0.1) is 0 Å². The predicted octanol–water partition coefficient (Wildman–Crippen LogP) is 2.96. The lowest BCUT2D eigenvalue weighted by Gasteiger charge is -2.29. The maximum Gasteiger partial charge on any atom is 0.337 e. The molecule has 4 heterocycles. The van der Waals surface area contributed by atoms with E-state index in [0.29, 0.717) is 17.3 Å². The molecular weight excluding hydrogens is 546 g/mol. The molecule has 1 fully saturated rings. The van der Waals surface area contributed by atoms with E-state index in [1.165, 1.54) is 17.0 Å². The van der Waals surface area contributed by atoms with Crippen LogP contribution in [-0.2, 0) is 0 Å². The molecule has 12 nitrogen and oxygen atoms in total. The number of pyridine rings is 1. The summed E-state index contributed by atoms with van der Waals surface area (Å²) in [4.78, 5) is 46.3. The molecule has 43 heavy (non-hydrogen) atoms. The third-order valence-electron chi connectivity index (χ3n) is 7.89. The number of carbonyl (C=O) groups excluding carboxylic acids is 1. The Morgan fingerprint density at radius 2 is 1.79 bits per heavy atom. The smallest absolute Gasteiger partial charge is 0.337 e. The fourth-order valence-corrected chi connectivity index (χ4v) is 5.58. The van der Waals surface area contributed by atoms with Crippen molar-refractivity contribution in [2.75, 3.05) is 37.9 Å².